The number of nitrogens with one attached hydrogen (secondary N) is 1. The lowest BCUT2D eigenvalue weighted by atomic mass is 10.0. The van der Waals surface area contributed by atoms with Gasteiger partial charge in [0, 0.05) is 5.39 Å². The molecule has 1 N–H and O–H groups in total. The first kappa shape index (κ1) is 13.4. The van der Waals surface area contributed by atoms with Crippen LogP contribution in [0.2, 0.25) is 0 Å². The van der Waals surface area contributed by atoms with Crippen molar-refractivity contribution in [2.45, 2.75) is 26.7 Å². The minimum Gasteiger partial charge on any atom is -0.283 e. The van der Waals surface area contributed by atoms with Crippen molar-refractivity contribution < 1.29 is 8.42 Å². The largest absolute Gasteiger partial charge is 0.283 e. The topological polar surface area (TPSA) is 46.2 Å². The molecule has 0 radical (unpaired) electrons. The normalized spacial score (nSPS) is 14.2. The maximum Gasteiger partial charge on any atom is 0.232 e. The van der Waals surface area contributed by atoms with E-state index in [9.17, 15) is 8.42 Å². The van der Waals surface area contributed by atoms with Gasteiger partial charge in [-0.15, -0.1) is 0 Å². The van der Waals surface area contributed by atoms with E-state index in [2.05, 4.69) is 10.8 Å². The predicted molar refractivity (Wildman–Crippen MR) is 83.6 cm³/mol. The predicted octanol–water partition coefficient (Wildman–Crippen LogP) is 3.34. The number of sulfonamides is 1. The highest BCUT2D eigenvalue weighted by atomic mass is 32.2. The van der Waals surface area contributed by atoms with Crippen LogP contribution in [0.15, 0.2) is 30.3 Å². The molecule has 1 aliphatic rings. The maximum absolute atomic E-state index is 12.1. The first-order valence-corrected chi connectivity index (χ1v) is 8.65. The molecular formula is C16H19NO2S. The molecule has 4 heteroatoms. The second-order valence-electron chi connectivity index (χ2n) is 5.89. The highest BCUT2D eigenvalue weighted by Crippen LogP contribution is 2.35. The van der Waals surface area contributed by atoms with Crippen LogP contribution >= 0.6 is 0 Å². The number of aryl methyl sites for hydroxylation is 2. The molecule has 0 saturated carbocycles. The van der Waals surface area contributed by atoms with Gasteiger partial charge >= 0.3 is 0 Å². The number of anilines is 1. The summed E-state index contributed by atoms with van der Waals surface area (Å²) in [6.07, 6.45) is 2.10. The van der Waals surface area contributed by atoms with Gasteiger partial charge in [0.15, 0.2) is 0 Å². The van der Waals surface area contributed by atoms with Crippen molar-refractivity contribution in [3.63, 3.8) is 0 Å². The van der Waals surface area contributed by atoms with Gasteiger partial charge in [-0.25, -0.2) is 8.42 Å². The highest BCUT2D eigenvalue weighted by Gasteiger charge is 2.18. The molecular weight excluding hydrogens is 270 g/mol. The van der Waals surface area contributed by atoms with E-state index in [-0.39, 0.29) is 11.7 Å². The summed E-state index contributed by atoms with van der Waals surface area (Å²) < 4.78 is 27.0. The summed E-state index contributed by atoms with van der Waals surface area (Å²) in [7, 11) is -3.28. The third kappa shape index (κ3) is 2.40. The molecule has 0 aliphatic heterocycles. The molecule has 0 fully saturated rings. The number of hydrogen-bond donors (Lipinski definition) is 1. The van der Waals surface area contributed by atoms with E-state index in [1.54, 1.807) is 0 Å². The Kier molecular flexibility index (Phi) is 3.21. The fraction of sp³-hybridized carbons (Fsp3) is 0.375. The second kappa shape index (κ2) is 4.77. The van der Waals surface area contributed by atoms with Gasteiger partial charge in [0.05, 0.1) is 11.4 Å². The first-order valence-electron chi connectivity index (χ1n) is 7.00. The van der Waals surface area contributed by atoms with Crippen LogP contribution in [0.25, 0.3) is 10.8 Å². The van der Waals surface area contributed by atoms with Gasteiger partial charge in [0.2, 0.25) is 10.0 Å². The van der Waals surface area contributed by atoms with Crippen LogP contribution in [0.3, 0.4) is 0 Å². The third-order valence-electron chi connectivity index (χ3n) is 3.70. The zero-order valence-electron chi connectivity index (χ0n) is 11.8. The lowest BCUT2D eigenvalue weighted by Gasteiger charge is -2.13. The molecule has 1 aliphatic carbocycles. The lowest BCUT2D eigenvalue weighted by molar-refractivity contribution is 0.587. The molecule has 0 atom stereocenters. The fourth-order valence-corrected chi connectivity index (χ4v) is 4.46. The smallest absolute Gasteiger partial charge is 0.232 e. The van der Waals surface area contributed by atoms with Gasteiger partial charge in [-0.1, -0.05) is 38.1 Å². The van der Waals surface area contributed by atoms with Crippen LogP contribution in [0.5, 0.6) is 0 Å². The van der Waals surface area contributed by atoms with Crippen molar-refractivity contribution in [2.75, 3.05) is 10.5 Å². The molecule has 0 aromatic heterocycles. The Morgan fingerprint density at radius 1 is 1.10 bits per heavy atom. The Hall–Kier alpha value is -1.55. The van der Waals surface area contributed by atoms with Crippen LogP contribution in [0, 0.1) is 5.92 Å². The summed E-state index contributed by atoms with van der Waals surface area (Å²) in [5.41, 5.74) is 3.35. The van der Waals surface area contributed by atoms with Gasteiger partial charge in [0.1, 0.15) is 0 Å². The molecule has 3 nitrogen and oxygen atoms in total. The molecule has 2 aromatic carbocycles. The molecule has 0 bridgehead atoms. The summed E-state index contributed by atoms with van der Waals surface area (Å²) in [6.45, 7) is 3.82. The molecule has 0 saturated heterocycles. The first-order chi connectivity index (χ1) is 9.46. The Morgan fingerprint density at radius 2 is 1.80 bits per heavy atom. The summed E-state index contributed by atoms with van der Waals surface area (Å²) in [6, 6.07) is 10.1. The number of rotatable bonds is 4. The molecule has 0 spiro atoms. The van der Waals surface area contributed by atoms with Crippen molar-refractivity contribution in [3.05, 3.63) is 41.5 Å². The quantitative estimate of drug-likeness (QED) is 0.938. The average molecular weight is 289 g/mol. The number of benzene rings is 2. The van der Waals surface area contributed by atoms with E-state index in [1.165, 1.54) is 16.5 Å². The molecule has 2 aromatic rings. The van der Waals surface area contributed by atoms with E-state index >= 15 is 0 Å². The Balaban J connectivity index is 2.06. The van der Waals surface area contributed by atoms with Gasteiger partial charge in [0.25, 0.3) is 0 Å². The van der Waals surface area contributed by atoms with Crippen molar-refractivity contribution in [3.8, 4) is 0 Å². The Morgan fingerprint density at radius 3 is 2.50 bits per heavy atom. The Labute approximate surface area is 120 Å². The van der Waals surface area contributed by atoms with E-state index in [0.29, 0.717) is 5.69 Å². The SMILES string of the molecule is CC(C)CS(=O)(=O)Nc1ccc2c3c(cccc13)CC2. The van der Waals surface area contributed by atoms with Gasteiger partial charge in [-0.2, -0.15) is 0 Å². The highest BCUT2D eigenvalue weighted by molar-refractivity contribution is 7.92. The standard InChI is InChI=1S/C16H19NO2S/c1-11(2)10-20(18,19)17-15-9-8-13-7-6-12-4-3-5-14(15)16(12)13/h3-5,8-9,11,17H,6-7,10H2,1-2H3. The monoisotopic (exact) mass is 289 g/mol. The van der Waals surface area contributed by atoms with Crippen molar-refractivity contribution in [1.82, 2.24) is 0 Å². The Bertz CT molecular complexity index is 753. The summed E-state index contributed by atoms with van der Waals surface area (Å²) in [5.74, 6) is 0.264. The van der Waals surface area contributed by atoms with Crippen LogP contribution in [0.1, 0.15) is 25.0 Å². The zero-order chi connectivity index (χ0) is 14.3. The van der Waals surface area contributed by atoms with Crippen LogP contribution in [0.4, 0.5) is 5.69 Å². The number of hydrogen-bond acceptors (Lipinski definition) is 2. The van der Waals surface area contributed by atoms with Crippen LogP contribution in [-0.4, -0.2) is 14.2 Å². The van der Waals surface area contributed by atoms with E-state index in [1.807, 2.05) is 38.1 Å². The molecule has 0 unspecified atom stereocenters. The third-order valence-corrected chi connectivity index (χ3v) is 5.33. The van der Waals surface area contributed by atoms with E-state index in [0.717, 1.165) is 18.2 Å². The zero-order valence-corrected chi connectivity index (χ0v) is 12.6. The minimum atomic E-state index is -3.28. The van der Waals surface area contributed by atoms with E-state index < -0.39 is 10.0 Å². The summed E-state index contributed by atoms with van der Waals surface area (Å²) in [4.78, 5) is 0. The van der Waals surface area contributed by atoms with Gasteiger partial charge in [-0.05, 0) is 41.3 Å². The van der Waals surface area contributed by atoms with Gasteiger partial charge in [-0.3, -0.25) is 4.72 Å². The molecule has 20 heavy (non-hydrogen) atoms. The second-order valence-corrected chi connectivity index (χ2v) is 7.66. The summed E-state index contributed by atoms with van der Waals surface area (Å²) >= 11 is 0. The average Bonchev–Trinajstić information content (AvgIpc) is 2.76. The lowest BCUT2D eigenvalue weighted by Crippen LogP contribution is -2.20. The summed E-state index contributed by atoms with van der Waals surface area (Å²) in [5, 5.41) is 2.25. The van der Waals surface area contributed by atoms with Crippen LogP contribution < -0.4 is 4.72 Å². The van der Waals surface area contributed by atoms with Crippen LogP contribution in [-0.2, 0) is 22.9 Å². The van der Waals surface area contributed by atoms with Gasteiger partial charge < -0.3 is 0 Å². The molecule has 3 rings (SSSR count). The van der Waals surface area contributed by atoms with Crippen molar-refractivity contribution in [1.29, 1.82) is 0 Å². The molecule has 106 valence electrons. The fourth-order valence-electron chi connectivity index (χ4n) is 2.98. The maximum atomic E-state index is 12.1. The van der Waals surface area contributed by atoms with Crippen molar-refractivity contribution >= 4 is 26.5 Å². The molecule has 0 amide bonds. The minimum absolute atomic E-state index is 0.115. The molecule has 0 heterocycles. The van der Waals surface area contributed by atoms with E-state index in [4.69, 9.17) is 0 Å². The van der Waals surface area contributed by atoms with Crippen molar-refractivity contribution in [2.24, 2.45) is 5.92 Å².